The van der Waals surface area contributed by atoms with Crippen LogP contribution in [0, 0.1) is 0 Å². The quantitative estimate of drug-likeness (QED) is 0.656. The van der Waals surface area contributed by atoms with Gasteiger partial charge >= 0.3 is 0 Å². The third kappa shape index (κ3) is 3.37. The Kier molecular flexibility index (Phi) is 5.00. The van der Waals surface area contributed by atoms with E-state index < -0.39 is 12.0 Å². The molecule has 1 aromatic heterocycles. The van der Waals surface area contributed by atoms with Crippen LogP contribution in [0.15, 0.2) is 36.4 Å². The SMILES string of the molecule is COc1nc(C2CC(N3CCC(F)(F)C3)C2)ccc1[C@H](C)N1C(=O)c2ccccc2C1=O. The second-order valence-corrected chi connectivity index (χ2v) is 8.94. The summed E-state index contributed by atoms with van der Waals surface area (Å²) in [6.07, 6.45) is 1.52. The third-order valence-corrected chi connectivity index (χ3v) is 7.01. The Hall–Kier alpha value is -2.87. The summed E-state index contributed by atoms with van der Waals surface area (Å²) < 4.78 is 32.5. The predicted molar refractivity (Wildman–Crippen MR) is 113 cm³/mol. The van der Waals surface area contributed by atoms with Crippen molar-refractivity contribution in [2.24, 2.45) is 0 Å². The van der Waals surface area contributed by atoms with E-state index in [4.69, 9.17) is 4.74 Å². The van der Waals surface area contributed by atoms with E-state index in [0.717, 1.165) is 18.5 Å². The number of ether oxygens (including phenoxy) is 1. The molecule has 8 heteroatoms. The number of amides is 2. The molecule has 0 spiro atoms. The summed E-state index contributed by atoms with van der Waals surface area (Å²) in [6, 6.07) is 10.2. The number of methoxy groups -OCH3 is 1. The van der Waals surface area contributed by atoms with Gasteiger partial charge in [0.15, 0.2) is 0 Å². The predicted octanol–water partition coefficient (Wildman–Crippen LogP) is 4.03. The van der Waals surface area contributed by atoms with Crippen molar-refractivity contribution >= 4 is 11.8 Å². The lowest BCUT2D eigenvalue weighted by Crippen LogP contribution is -2.43. The van der Waals surface area contributed by atoms with E-state index in [-0.39, 0.29) is 36.7 Å². The summed E-state index contributed by atoms with van der Waals surface area (Å²) in [5, 5.41) is 0. The summed E-state index contributed by atoms with van der Waals surface area (Å²) in [6.45, 7) is 2.07. The molecule has 6 nitrogen and oxygen atoms in total. The average molecular weight is 441 g/mol. The topological polar surface area (TPSA) is 62.7 Å². The molecule has 3 heterocycles. The van der Waals surface area contributed by atoms with Crippen molar-refractivity contribution in [2.45, 2.75) is 50.1 Å². The van der Waals surface area contributed by atoms with Crippen molar-refractivity contribution in [2.75, 3.05) is 20.2 Å². The number of benzene rings is 1. The molecule has 5 rings (SSSR count). The van der Waals surface area contributed by atoms with E-state index in [2.05, 4.69) is 4.98 Å². The molecule has 1 atom stereocenters. The van der Waals surface area contributed by atoms with Gasteiger partial charge in [-0.3, -0.25) is 19.4 Å². The number of alkyl halides is 2. The van der Waals surface area contributed by atoms with Crippen molar-refractivity contribution in [1.82, 2.24) is 14.8 Å². The number of carbonyl (C=O) groups excluding carboxylic acids is 2. The molecule has 32 heavy (non-hydrogen) atoms. The number of hydrogen-bond acceptors (Lipinski definition) is 5. The normalized spacial score (nSPS) is 25.6. The zero-order valence-corrected chi connectivity index (χ0v) is 18.1. The van der Waals surface area contributed by atoms with Gasteiger partial charge < -0.3 is 4.74 Å². The molecule has 0 bridgehead atoms. The Morgan fingerprint density at radius 3 is 2.31 bits per heavy atom. The first-order chi connectivity index (χ1) is 15.3. The van der Waals surface area contributed by atoms with Gasteiger partial charge in [-0.05, 0) is 44.0 Å². The Morgan fingerprint density at radius 2 is 1.75 bits per heavy atom. The van der Waals surface area contributed by atoms with Gasteiger partial charge in [0.1, 0.15) is 0 Å². The maximum atomic E-state index is 13.5. The first-order valence-corrected chi connectivity index (χ1v) is 10.9. The highest BCUT2D eigenvalue weighted by Gasteiger charge is 2.45. The monoisotopic (exact) mass is 441 g/mol. The molecule has 0 radical (unpaired) electrons. The Balaban J connectivity index is 1.32. The summed E-state index contributed by atoms with van der Waals surface area (Å²) in [5.41, 5.74) is 2.31. The second kappa shape index (κ2) is 7.62. The van der Waals surface area contributed by atoms with Gasteiger partial charge in [0, 0.05) is 36.2 Å². The molecule has 1 aliphatic carbocycles. The highest BCUT2D eigenvalue weighted by Crippen LogP contribution is 2.43. The van der Waals surface area contributed by atoms with Gasteiger partial charge in [0.2, 0.25) is 5.88 Å². The highest BCUT2D eigenvalue weighted by molar-refractivity contribution is 6.21. The van der Waals surface area contributed by atoms with Gasteiger partial charge in [0.05, 0.1) is 30.8 Å². The Bertz CT molecular complexity index is 1050. The van der Waals surface area contributed by atoms with Crippen LogP contribution in [0.2, 0.25) is 0 Å². The summed E-state index contributed by atoms with van der Waals surface area (Å²) in [4.78, 5) is 33.5. The number of likely N-dealkylation sites (tertiary alicyclic amines) is 1. The molecule has 1 aromatic carbocycles. The van der Waals surface area contributed by atoms with Gasteiger partial charge in [-0.25, -0.2) is 13.8 Å². The lowest BCUT2D eigenvalue weighted by atomic mass is 9.77. The molecule has 0 N–H and O–H groups in total. The molecule has 2 amide bonds. The largest absolute Gasteiger partial charge is 0.481 e. The summed E-state index contributed by atoms with van der Waals surface area (Å²) >= 11 is 0. The van der Waals surface area contributed by atoms with Crippen LogP contribution in [0.25, 0.3) is 0 Å². The Labute approximate surface area is 185 Å². The number of nitrogens with zero attached hydrogens (tertiary/aromatic N) is 3. The molecular weight excluding hydrogens is 416 g/mol. The molecule has 3 aliphatic rings. The molecule has 1 saturated heterocycles. The number of aromatic nitrogens is 1. The number of carbonyl (C=O) groups is 2. The van der Waals surface area contributed by atoms with E-state index in [1.54, 1.807) is 31.2 Å². The van der Waals surface area contributed by atoms with Crippen LogP contribution in [0.3, 0.4) is 0 Å². The van der Waals surface area contributed by atoms with Gasteiger partial charge in [-0.15, -0.1) is 0 Å². The molecule has 2 aromatic rings. The van der Waals surface area contributed by atoms with Crippen molar-refractivity contribution in [3.63, 3.8) is 0 Å². The minimum Gasteiger partial charge on any atom is -0.481 e. The number of rotatable bonds is 5. The van der Waals surface area contributed by atoms with E-state index >= 15 is 0 Å². The summed E-state index contributed by atoms with van der Waals surface area (Å²) in [7, 11) is 1.51. The van der Waals surface area contributed by atoms with Crippen molar-refractivity contribution in [1.29, 1.82) is 0 Å². The molecule has 168 valence electrons. The van der Waals surface area contributed by atoms with Crippen LogP contribution >= 0.6 is 0 Å². The van der Waals surface area contributed by atoms with Gasteiger partial charge in [-0.1, -0.05) is 12.1 Å². The fourth-order valence-electron chi connectivity index (χ4n) is 5.07. The molecule has 2 aliphatic heterocycles. The van der Waals surface area contributed by atoms with Crippen LogP contribution in [-0.4, -0.2) is 58.8 Å². The van der Waals surface area contributed by atoms with Gasteiger partial charge in [-0.2, -0.15) is 0 Å². The van der Waals surface area contributed by atoms with E-state index in [0.29, 0.717) is 29.1 Å². The zero-order valence-electron chi connectivity index (χ0n) is 18.1. The number of pyridine rings is 1. The zero-order chi connectivity index (χ0) is 22.6. The van der Waals surface area contributed by atoms with Crippen molar-refractivity contribution in [3.05, 3.63) is 58.8 Å². The first-order valence-electron chi connectivity index (χ1n) is 10.9. The standard InChI is InChI=1S/C24H25F2N3O3/c1-14(29-22(30)18-5-3-4-6-19(18)23(29)31)17-7-8-20(27-21(17)32-2)15-11-16(12-15)28-10-9-24(25,26)13-28/h3-8,14-16H,9-13H2,1-2H3/t14-,15?,16?/m0/s1. The van der Waals surface area contributed by atoms with Crippen LogP contribution in [0.1, 0.15) is 70.1 Å². The minimum atomic E-state index is -2.57. The molecular formula is C24H25F2N3O3. The second-order valence-electron chi connectivity index (χ2n) is 8.94. The number of fused-ring (bicyclic) bond motifs is 1. The number of halogens is 2. The lowest BCUT2D eigenvalue weighted by Gasteiger charge is -2.41. The molecule has 2 fully saturated rings. The van der Waals surface area contributed by atoms with E-state index in [1.165, 1.54) is 12.0 Å². The lowest BCUT2D eigenvalue weighted by molar-refractivity contribution is 0.000504. The maximum absolute atomic E-state index is 13.5. The fraction of sp³-hybridized carbons (Fsp3) is 0.458. The number of imide groups is 1. The van der Waals surface area contributed by atoms with Crippen LogP contribution in [-0.2, 0) is 0 Å². The maximum Gasteiger partial charge on any atom is 0.262 e. The Morgan fingerprint density at radius 1 is 1.09 bits per heavy atom. The summed E-state index contributed by atoms with van der Waals surface area (Å²) in [5.74, 6) is -2.66. The van der Waals surface area contributed by atoms with Crippen LogP contribution < -0.4 is 4.74 Å². The van der Waals surface area contributed by atoms with Crippen LogP contribution in [0.5, 0.6) is 5.88 Å². The fourth-order valence-corrected chi connectivity index (χ4v) is 5.07. The molecule has 0 unspecified atom stereocenters. The average Bonchev–Trinajstić information content (AvgIpc) is 3.23. The van der Waals surface area contributed by atoms with E-state index in [1.807, 2.05) is 17.0 Å². The third-order valence-electron chi connectivity index (χ3n) is 7.01. The number of hydrogen-bond donors (Lipinski definition) is 0. The minimum absolute atomic E-state index is 0.0648. The van der Waals surface area contributed by atoms with E-state index in [9.17, 15) is 18.4 Å². The van der Waals surface area contributed by atoms with Crippen LogP contribution in [0.4, 0.5) is 8.78 Å². The van der Waals surface area contributed by atoms with Crippen molar-refractivity contribution in [3.8, 4) is 5.88 Å². The smallest absolute Gasteiger partial charge is 0.262 e. The first kappa shape index (κ1) is 21.0. The van der Waals surface area contributed by atoms with Gasteiger partial charge in [0.25, 0.3) is 17.7 Å². The van der Waals surface area contributed by atoms with Crippen molar-refractivity contribution < 1.29 is 23.1 Å². The highest BCUT2D eigenvalue weighted by atomic mass is 19.3. The molecule has 1 saturated carbocycles.